The van der Waals surface area contributed by atoms with Gasteiger partial charge in [0.2, 0.25) is 5.91 Å². The summed E-state index contributed by atoms with van der Waals surface area (Å²) in [4.78, 5) is 14.2. The van der Waals surface area contributed by atoms with Crippen molar-refractivity contribution in [3.05, 3.63) is 0 Å². The maximum atomic E-state index is 12.2. The fourth-order valence-corrected chi connectivity index (χ4v) is 2.69. The number of piperidine rings is 1. The molecule has 2 rings (SSSR count). The molecule has 2 fully saturated rings. The fourth-order valence-electron chi connectivity index (χ4n) is 2.69. The first-order valence-corrected chi connectivity index (χ1v) is 7.50. The van der Waals surface area contributed by atoms with Gasteiger partial charge in [0.15, 0.2) is 0 Å². The Bertz CT molecular complexity index is 324. The fraction of sp³-hybridized carbons (Fsp3) is 0.933. The Labute approximate surface area is 116 Å². The normalized spacial score (nSPS) is 23.5. The molecule has 0 atom stereocenters. The molecule has 19 heavy (non-hydrogen) atoms. The summed E-state index contributed by atoms with van der Waals surface area (Å²) in [6.45, 7) is 8.91. The van der Waals surface area contributed by atoms with E-state index in [9.17, 15) is 9.90 Å². The second-order valence-electron chi connectivity index (χ2n) is 7.36. The van der Waals surface area contributed by atoms with Crippen LogP contribution in [-0.2, 0) is 4.79 Å². The zero-order chi connectivity index (χ0) is 14.1. The summed E-state index contributed by atoms with van der Waals surface area (Å²) in [6.07, 6.45) is 4.36. The largest absolute Gasteiger partial charge is 0.396 e. The van der Waals surface area contributed by atoms with Gasteiger partial charge in [0.1, 0.15) is 0 Å². The zero-order valence-electron chi connectivity index (χ0n) is 12.5. The third-order valence-corrected chi connectivity index (χ3v) is 4.48. The second kappa shape index (κ2) is 5.41. The monoisotopic (exact) mass is 268 g/mol. The third-order valence-electron chi connectivity index (χ3n) is 4.48. The molecule has 1 saturated heterocycles. The van der Waals surface area contributed by atoms with Crippen molar-refractivity contribution in [3.8, 4) is 0 Å². The summed E-state index contributed by atoms with van der Waals surface area (Å²) in [5.74, 6) is 0.264. The van der Waals surface area contributed by atoms with Gasteiger partial charge in [-0.3, -0.25) is 4.79 Å². The van der Waals surface area contributed by atoms with Gasteiger partial charge in [0.25, 0.3) is 0 Å². The quantitative estimate of drug-likeness (QED) is 0.810. The zero-order valence-corrected chi connectivity index (χ0v) is 12.5. The molecule has 0 unspecified atom stereocenters. The maximum Gasteiger partial charge on any atom is 0.227 e. The van der Waals surface area contributed by atoms with E-state index in [1.54, 1.807) is 0 Å². The average molecular weight is 268 g/mol. The molecule has 2 aliphatic rings. The van der Waals surface area contributed by atoms with Crippen molar-refractivity contribution >= 4 is 5.91 Å². The Morgan fingerprint density at radius 3 is 2.32 bits per heavy atom. The van der Waals surface area contributed by atoms with Gasteiger partial charge in [0.05, 0.1) is 0 Å². The number of carbonyl (C=O) groups excluding carboxylic acids is 1. The Kier molecular flexibility index (Phi) is 4.21. The van der Waals surface area contributed by atoms with Crippen molar-refractivity contribution in [2.45, 2.75) is 52.5 Å². The first-order chi connectivity index (χ1) is 8.86. The van der Waals surface area contributed by atoms with Gasteiger partial charge in [0, 0.05) is 43.1 Å². The van der Waals surface area contributed by atoms with E-state index in [1.165, 1.54) is 0 Å². The highest BCUT2D eigenvalue weighted by atomic mass is 16.3. The molecule has 2 N–H and O–H groups in total. The predicted molar refractivity (Wildman–Crippen MR) is 75.8 cm³/mol. The van der Waals surface area contributed by atoms with Crippen LogP contribution >= 0.6 is 0 Å². The van der Waals surface area contributed by atoms with Gasteiger partial charge >= 0.3 is 0 Å². The lowest BCUT2D eigenvalue weighted by Crippen LogP contribution is -2.49. The number of aliphatic hydroxyl groups excluding tert-OH is 1. The molecular formula is C15H28N2O2. The molecule has 0 bridgehead atoms. The van der Waals surface area contributed by atoms with Crippen molar-refractivity contribution in [3.63, 3.8) is 0 Å². The molecule has 1 amide bonds. The van der Waals surface area contributed by atoms with Gasteiger partial charge in [-0.25, -0.2) is 0 Å². The Morgan fingerprint density at radius 2 is 1.89 bits per heavy atom. The molecule has 0 aromatic rings. The van der Waals surface area contributed by atoms with Crippen LogP contribution in [0.4, 0.5) is 0 Å². The highest BCUT2D eigenvalue weighted by molar-refractivity contribution is 5.81. The smallest absolute Gasteiger partial charge is 0.227 e. The lowest BCUT2D eigenvalue weighted by Gasteiger charge is -2.36. The van der Waals surface area contributed by atoms with Gasteiger partial charge < -0.3 is 15.3 Å². The first kappa shape index (κ1) is 14.8. The molecule has 0 aromatic heterocycles. The SMILES string of the molecule is CC(C)(C)C(=O)N1CCC(NCC2(CO)CC2)CC1. The van der Waals surface area contributed by atoms with Gasteiger partial charge in [-0.15, -0.1) is 0 Å². The molecule has 1 saturated carbocycles. The minimum absolute atomic E-state index is 0.179. The van der Waals surface area contributed by atoms with Crippen LogP contribution in [-0.4, -0.2) is 48.2 Å². The molecule has 1 heterocycles. The molecule has 0 aromatic carbocycles. The summed E-state index contributed by atoms with van der Waals surface area (Å²) in [5.41, 5.74) is -0.0897. The summed E-state index contributed by atoms with van der Waals surface area (Å²) in [7, 11) is 0. The molecule has 4 nitrogen and oxygen atoms in total. The minimum Gasteiger partial charge on any atom is -0.396 e. The standard InChI is InChI=1S/C15H28N2O2/c1-14(2,3)13(19)17-8-4-12(5-9-17)16-10-15(11-18)6-7-15/h12,16,18H,4-11H2,1-3H3. The lowest BCUT2D eigenvalue weighted by molar-refractivity contribution is -0.140. The van der Waals surface area contributed by atoms with Crippen molar-refractivity contribution in [2.75, 3.05) is 26.2 Å². The number of amides is 1. The van der Waals surface area contributed by atoms with Crippen LogP contribution in [0.5, 0.6) is 0 Å². The Morgan fingerprint density at radius 1 is 1.32 bits per heavy atom. The second-order valence-corrected chi connectivity index (χ2v) is 7.36. The topological polar surface area (TPSA) is 52.6 Å². The van der Waals surface area contributed by atoms with Gasteiger partial charge in [-0.2, -0.15) is 0 Å². The van der Waals surface area contributed by atoms with Crippen molar-refractivity contribution < 1.29 is 9.90 Å². The summed E-state index contributed by atoms with van der Waals surface area (Å²) in [6, 6.07) is 0.507. The molecule has 110 valence electrons. The first-order valence-electron chi connectivity index (χ1n) is 7.50. The van der Waals surface area contributed by atoms with Gasteiger partial charge in [-0.05, 0) is 25.7 Å². The van der Waals surface area contributed by atoms with Crippen LogP contribution in [0, 0.1) is 10.8 Å². The van der Waals surface area contributed by atoms with Crippen LogP contribution in [0.25, 0.3) is 0 Å². The lowest BCUT2D eigenvalue weighted by atomic mass is 9.93. The number of hydrogen-bond acceptors (Lipinski definition) is 3. The molecule has 0 radical (unpaired) electrons. The van der Waals surface area contributed by atoms with E-state index < -0.39 is 0 Å². The number of nitrogens with one attached hydrogen (secondary N) is 1. The van der Waals surface area contributed by atoms with Crippen LogP contribution < -0.4 is 5.32 Å². The van der Waals surface area contributed by atoms with E-state index in [1.807, 2.05) is 25.7 Å². The predicted octanol–water partition coefficient (Wildman–Crippen LogP) is 1.39. The Balaban J connectivity index is 1.72. The van der Waals surface area contributed by atoms with Gasteiger partial charge in [-0.1, -0.05) is 20.8 Å². The van der Waals surface area contributed by atoms with E-state index in [0.29, 0.717) is 12.6 Å². The van der Waals surface area contributed by atoms with Crippen LogP contribution in [0.1, 0.15) is 46.5 Å². The summed E-state index contributed by atoms with van der Waals surface area (Å²) in [5, 5.41) is 12.9. The minimum atomic E-state index is -0.269. The highest BCUT2D eigenvalue weighted by Gasteiger charge is 2.42. The van der Waals surface area contributed by atoms with E-state index in [4.69, 9.17) is 0 Å². The maximum absolute atomic E-state index is 12.2. The summed E-state index contributed by atoms with van der Waals surface area (Å²) < 4.78 is 0. The number of hydrogen-bond donors (Lipinski definition) is 2. The molecule has 1 aliphatic heterocycles. The summed E-state index contributed by atoms with van der Waals surface area (Å²) >= 11 is 0. The number of likely N-dealkylation sites (tertiary alicyclic amines) is 1. The van der Waals surface area contributed by atoms with Crippen molar-refractivity contribution in [1.29, 1.82) is 0 Å². The highest BCUT2D eigenvalue weighted by Crippen LogP contribution is 2.44. The van der Waals surface area contributed by atoms with Crippen molar-refractivity contribution in [2.24, 2.45) is 10.8 Å². The van der Waals surface area contributed by atoms with Crippen LogP contribution in [0.2, 0.25) is 0 Å². The van der Waals surface area contributed by atoms with Crippen molar-refractivity contribution in [1.82, 2.24) is 10.2 Å². The van der Waals surface area contributed by atoms with Crippen LogP contribution in [0.3, 0.4) is 0 Å². The van der Waals surface area contributed by atoms with E-state index in [2.05, 4.69) is 5.32 Å². The molecule has 1 aliphatic carbocycles. The van der Waals surface area contributed by atoms with E-state index >= 15 is 0 Å². The Hall–Kier alpha value is -0.610. The molecular weight excluding hydrogens is 240 g/mol. The number of rotatable bonds is 4. The number of carbonyl (C=O) groups is 1. The third kappa shape index (κ3) is 3.69. The average Bonchev–Trinajstić information content (AvgIpc) is 3.16. The van der Waals surface area contributed by atoms with Crippen LogP contribution in [0.15, 0.2) is 0 Å². The van der Waals surface area contributed by atoms with E-state index in [-0.39, 0.29) is 16.7 Å². The van der Waals surface area contributed by atoms with E-state index in [0.717, 1.165) is 45.3 Å². The number of nitrogens with zero attached hydrogens (tertiary/aromatic N) is 1. The molecule has 4 heteroatoms. The number of aliphatic hydroxyl groups is 1. The molecule has 0 spiro atoms.